The molecule has 1 aliphatic carbocycles. The highest BCUT2D eigenvalue weighted by Gasteiger charge is 2.38. The molecule has 5 nitrogen and oxygen atoms in total. The van der Waals surface area contributed by atoms with Crippen LogP contribution in [0.3, 0.4) is 0 Å². The predicted octanol–water partition coefficient (Wildman–Crippen LogP) is 1.55. The van der Waals surface area contributed by atoms with Crippen LogP contribution in [0.5, 0.6) is 0 Å². The van der Waals surface area contributed by atoms with Crippen LogP contribution < -0.4 is 5.32 Å². The van der Waals surface area contributed by atoms with Gasteiger partial charge >= 0.3 is 6.18 Å². The van der Waals surface area contributed by atoms with Crippen molar-refractivity contribution in [3.8, 4) is 0 Å². The standard InChI is InChI=1S/C13H16F3N3O2/c14-13(15,16)11-7-3-1-2-4-8(7)17-12(19-11)18-9-5-21-6-10(9)20/h9-10,20H,1-6H2,(H,17,18,19). The number of alkyl halides is 3. The zero-order valence-corrected chi connectivity index (χ0v) is 11.3. The van der Waals surface area contributed by atoms with Crippen molar-refractivity contribution < 1.29 is 23.0 Å². The minimum absolute atomic E-state index is 0.0856. The Kier molecular flexibility index (Phi) is 3.75. The maximum atomic E-state index is 13.2. The van der Waals surface area contributed by atoms with Gasteiger partial charge in [-0.3, -0.25) is 0 Å². The average Bonchev–Trinajstić information content (AvgIpc) is 2.82. The highest BCUT2D eigenvalue weighted by molar-refractivity contribution is 5.38. The number of anilines is 1. The topological polar surface area (TPSA) is 67.3 Å². The summed E-state index contributed by atoms with van der Waals surface area (Å²) >= 11 is 0. The third kappa shape index (κ3) is 2.96. The lowest BCUT2D eigenvalue weighted by molar-refractivity contribution is -0.142. The summed E-state index contributed by atoms with van der Waals surface area (Å²) in [7, 11) is 0. The number of aryl methyl sites for hydroxylation is 1. The fourth-order valence-electron chi connectivity index (χ4n) is 2.74. The lowest BCUT2D eigenvalue weighted by Crippen LogP contribution is -2.33. The van der Waals surface area contributed by atoms with E-state index in [0.717, 1.165) is 12.8 Å². The molecule has 0 spiro atoms. The van der Waals surface area contributed by atoms with Crippen LogP contribution in [0.2, 0.25) is 0 Å². The van der Waals surface area contributed by atoms with Crippen LogP contribution in [0.1, 0.15) is 29.8 Å². The lowest BCUT2D eigenvalue weighted by atomic mass is 9.94. The summed E-state index contributed by atoms with van der Waals surface area (Å²) in [5, 5.41) is 12.4. The van der Waals surface area contributed by atoms with Gasteiger partial charge in [-0.2, -0.15) is 13.2 Å². The second-order valence-electron chi connectivity index (χ2n) is 5.38. The van der Waals surface area contributed by atoms with Gasteiger partial charge in [-0.05, 0) is 25.7 Å². The Balaban J connectivity index is 1.94. The minimum atomic E-state index is -4.49. The fourth-order valence-corrected chi connectivity index (χ4v) is 2.74. The Morgan fingerprint density at radius 3 is 2.57 bits per heavy atom. The molecular formula is C13H16F3N3O2. The molecule has 2 unspecified atom stereocenters. The monoisotopic (exact) mass is 303 g/mol. The van der Waals surface area contributed by atoms with Gasteiger partial charge < -0.3 is 15.2 Å². The van der Waals surface area contributed by atoms with Crippen molar-refractivity contribution in [2.75, 3.05) is 18.5 Å². The Hall–Kier alpha value is -1.41. The smallest absolute Gasteiger partial charge is 0.388 e. The summed E-state index contributed by atoms with van der Waals surface area (Å²) < 4.78 is 44.5. The van der Waals surface area contributed by atoms with E-state index in [4.69, 9.17) is 4.74 Å². The van der Waals surface area contributed by atoms with E-state index in [9.17, 15) is 18.3 Å². The van der Waals surface area contributed by atoms with Gasteiger partial charge in [-0.1, -0.05) is 0 Å². The predicted molar refractivity (Wildman–Crippen MR) is 67.9 cm³/mol. The minimum Gasteiger partial charge on any atom is -0.388 e. The highest BCUT2D eigenvalue weighted by Crippen LogP contribution is 2.35. The van der Waals surface area contributed by atoms with E-state index in [1.165, 1.54) is 0 Å². The number of aromatic nitrogens is 2. The molecule has 0 saturated carbocycles. The number of nitrogens with one attached hydrogen (secondary N) is 1. The second-order valence-corrected chi connectivity index (χ2v) is 5.38. The van der Waals surface area contributed by atoms with Gasteiger partial charge in [-0.15, -0.1) is 0 Å². The molecule has 2 heterocycles. The van der Waals surface area contributed by atoms with Crippen LogP contribution in [0, 0.1) is 0 Å². The molecule has 116 valence electrons. The molecule has 0 bridgehead atoms. The number of fused-ring (bicyclic) bond motifs is 1. The van der Waals surface area contributed by atoms with E-state index < -0.39 is 24.0 Å². The van der Waals surface area contributed by atoms with Crippen molar-refractivity contribution in [1.29, 1.82) is 0 Å². The Labute approximate surface area is 119 Å². The van der Waals surface area contributed by atoms with Crippen LogP contribution >= 0.6 is 0 Å². The van der Waals surface area contributed by atoms with Gasteiger partial charge in [0.15, 0.2) is 5.69 Å². The SMILES string of the molecule is OC1COCC1Nc1nc2c(c(C(F)(F)F)n1)CCCC2. The molecule has 8 heteroatoms. The molecule has 3 rings (SSSR count). The van der Waals surface area contributed by atoms with Crippen LogP contribution in [0.4, 0.5) is 19.1 Å². The summed E-state index contributed by atoms with van der Waals surface area (Å²) in [5.41, 5.74) is -0.190. The summed E-state index contributed by atoms with van der Waals surface area (Å²) in [6.07, 6.45) is -2.82. The van der Waals surface area contributed by atoms with Gasteiger partial charge in [0.1, 0.15) is 0 Å². The number of aliphatic hydroxyl groups excluding tert-OH is 1. The third-order valence-electron chi connectivity index (χ3n) is 3.82. The third-order valence-corrected chi connectivity index (χ3v) is 3.82. The molecule has 2 aliphatic rings. The molecule has 1 aliphatic heterocycles. The molecule has 2 N–H and O–H groups in total. The number of hydrogen-bond donors (Lipinski definition) is 2. The summed E-state index contributed by atoms with van der Waals surface area (Å²) in [6, 6.07) is -0.479. The van der Waals surface area contributed by atoms with E-state index in [2.05, 4.69) is 15.3 Å². The number of ether oxygens (including phenoxy) is 1. The molecule has 0 aromatic carbocycles. The first kappa shape index (κ1) is 14.5. The first-order valence-corrected chi connectivity index (χ1v) is 6.94. The van der Waals surface area contributed by atoms with Gasteiger partial charge in [0.25, 0.3) is 0 Å². The van der Waals surface area contributed by atoms with E-state index >= 15 is 0 Å². The summed E-state index contributed by atoms with van der Waals surface area (Å²) in [6.45, 7) is 0.387. The molecule has 1 fully saturated rings. The Bertz CT molecular complexity index is 536. The normalized spacial score (nSPS) is 25.7. The van der Waals surface area contributed by atoms with Crippen molar-refractivity contribution in [1.82, 2.24) is 9.97 Å². The maximum Gasteiger partial charge on any atom is 0.433 e. The van der Waals surface area contributed by atoms with E-state index in [-0.39, 0.29) is 24.7 Å². The van der Waals surface area contributed by atoms with Crippen molar-refractivity contribution >= 4 is 5.95 Å². The highest BCUT2D eigenvalue weighted by atomic mass is 19.4. The molecule has 1 saturated heterocycles. The first-order valence-electron chi connectivity index (χ1n) is 6.94. The maximum absolute atomic E-state index is 13.2. The molecule has 1 aromatic heterocycles. The largest absolute Gasteiger partial charge is 0.433 e. The number of hydrogen-bond acceptors (Lipinski definition) is 5. The summed E-state index contributed by atoms with van der Waals surface area (Å²) in [5.74, 6) is -0.0856. The quantitative estimate of drug-likeness (QED) is 0.867. The Morgan fingerprint density at radius 2 is 1.90 bits per heavy atom. The zero-order valence-electron chi connectivity index (χ0n) is 11.3. The fraction of sp³-hybridized carbons (Fsp3) is 0.692. The molecule has 0 amide bonds. The van der Waals surface area contributed by atoms with Crippen molar-refractivity contribution in [3.05, 3.63) is 17.0 Å². The van der Waals surface area contributed by atoms with Gasteiger partial charge in [-0.25, -0.2) is 9.97 Å². The van der Waals surface area contributed by atoms with E-state index in [1.54, 1.807) is 0 Å². The molecular weight excluding hydrogens is 287 g/mol. The van der Waals surface area contributed by atoms with E-state index in [1.807, 2.05) is 0 Å². The Morgan fingerprint density at radius 1 is 1.14 bits per heavy atom. The molecule has 0 radical (unpaired) electrons. The summed E-state index contributed by atoms with van der Waals surface area (Å²) in [4.78, 5) is 7.84. The number of halogens is 3. The van der Waals surface area contributed by atoms with Crippen LogP contribution in [-0.4, -0.2) is 40.4 Å². The second kappa shape index (κ2) is 5.42. The molecule has 21 heavy (non-hydrogen) atoms. The van der Waals surface area contributed by atoms with Crippen molar-refractivity contribution in [2.45, 2.75) is 44.0 Å². The van der Waals surface area contributed by atoms with Crippen LogP contribution in [0.15, 0.2) is 0 Å². The number of nitrogens with zero attached hydrogens (tertiary/aromatic N) is 2. The van der Waals surface area contributed by atoms with Crippen LogP contribution in [-0.2, 0) is 23.8 Å². The zero-order chi connectivity index (χ0) is 15.0. The lowest BCUT2D eigenvalue weighted by Gasteiger charge is -2.22. The molecule has 1 aromatic rings. The average molecular weight is 303 g/mol. The molecule has 2 atom stereocenters. The first-order chi connectivity index (χ1) is 9.95. The van der Waals surface area contributed by atoms with Crippen molar-refractivity contribution in [2.24, 2.45) is 0 Å². The van der Waals surface area contributed by atoms with Gasteiger partial charge in [0.05, 0.1) is 25.4 Å². The van der Waals surface area contributed by atoms with Gasteiger partial charge in [0, 0.05) is 11.3 Å². The number of aliphatic hydroxyl groups is 1. The van der Waals surface area contributed by atoms with Crippen LogP contribution in [0.25, 0.3) is 0 Å². The number of rotatable bonds is 2. The van der Waals surface area contributed by atoms with E-state index in [0.29, 0.717) is 18.5 Å². The van der Waals surface area contributed by atoms with Crippen molar-refractivity contribution in [3.63, 3.8) is 0 Å². The van der Waals surface area contributed by atoms with Gasteiger partial charge in [0.2, 0.25) is 5.95 Å².